The van der Waals surface area contributed by atoms with E-state index in [1.807, 2.05) is 26.0 Å². The van der Waals surface area contributed by atoms with Gasteiger partial charge in [-0.3, -0.25) is 4.79 Å². The summed E-state index contributed by atoms with van der Waals surface area (Å²) in [5.41, 5.74) is 4.12. The number of carbonyl (C=O) groups is 1. The number of aryl methyl sites for hydroxylation is 2. The Bertz CT molecular complexity index is 685. The number of benzene rings is 1. The Morgan fingerprint density at radius 2 is 2.04 bits per heavy atom. The zero-order valence-electron chi connectivity index (χ0n) is 15.9. The molecule has 1 heterocycles. The average molecular weight is 342 g/mol. The maximum Gasteiger partial charge on any atom is 0.145 e. The molecule has 0 aromatic heterocycles. The van der Waals surface area contributed by atoms with Crippen molar-refractivity contribution in [1.29, 1.82) is 0 Å². The fraction of sp³-hybridized carbons (Fsp3) is 0.500. The normalized spacial score (nSPS) is 20.8. The molecule has 0 saturated heterocycles. The van der Waals surface area contributed by atoms with Gasteiger partial charge in [-0.05, 0) is 95.1 Å². The van der Waals surface area contributed by atoms with Crippen molar-refractivity contribution in [2.45, 2.75) is 71.8 Å². The lowest BCUT2D eigenvalue weighted by Crippen LogP contribution is -2.36. The molecule has 1 aliphatic rings. The highest BCUT2D eigenvalue weighted by Crippen LogP contribution is 2.39. The summed E-state index contributed by atoms with van der Waals surface area (Å²) >= 11 is 0. The number of aldehydes is 1. The maximum absolute atomic E-state index is 10.6. The lowest BCUT2D eigenvalue weighted by molar-refractivity contribution is -0.104. The number of carbonyl (C=O) groups excluding carboxylic acids is 1. The third-order valence-corrected chi connectivity index (χ3v) is 4.96. The first-order valence-electron chi connectivity index (χ1n) is 9.12. The van der Waals surface area contributed by atoms with Gasteiger partial charge in [0.15, 0.2) is 0 Å². The van der Waals surface area contributed by atoms with Crippen molar-refractivity contribution in [3.05, 3.63) is 46.6 Å². The predicted molar refractivity (Wildman–Crippen MR) is 102 cm³/mol. The van der Waals surface area contributed by atoms with E-state index in [1.165, 1.54) is 5.57 Å². The molecule has 1 aromatic carbocycles. The van der Waals surface area contributed by atoms with E-state index >= 15 is 0 Å². The van der Waals surface area contributed by atoms with E-state index in [0.29, 0.717) is 5.75 Å². The number of fused-ring (bicyclic) bond motifs is 1. The van der Waals surface area contributed by atoms with Gasteiger partial charge in [-0.1, -0.05) is 17.7 Å². The summed E-state index contributed by atoms with van der Waals surface area (Å²) in [6.07, 6.45) is 11.0. The largest absolute Gasteiger partial charge is 0.508 e. The van der Waals surface area contributed by atoms with Crippen molar-refractivity contribution in [1.82, 2.24) is 0 Å². The van der Waals surface area contributed by atoms with Crippen LogP contribution in [0.25, 0.3) is 0 Å². The number of aromatic hydroxyl groups is 1. The fourth-order valence-corrected chi connectivity index (χ4v) is 3.33. The molecule has 1 aliphatic heterocycles. The number of hydrogen-bond acceptors (Lipinski definition) is 3. The van der Waals surface area contributed by atoms with Gasteiger partial charge in [-0.25, -0.2) is 0 Å². The van der Waals surface area contributed by atoms with Gasteiger partial charge in [0.1, 0.15) is 23.4 Å². The highest BCUT2D eigenvalue weighted by molar-refractivity contribution is 5.71. The second-order valence-corrected chi connectivity index (χ2v) is 7.50. The molecule has 0 saturated carbocycles. The molecule has 0 radical (unpaired) electrons. The quantitative estimate of drug-likeness (QED) is 0.408. The summed E-state index contributed by atoms with van der Waals surface area (Å²) in [4.78, 5) is 10.6. The average Bonchev–Trinajstić information content (AvgIpc) is 2.55. The number of rotatable bonds is 7. The van der Waals surface area contributed by atoms with E-state index in [1.54, 1.807) is 6.07 Å². The van der Waals surface area contributed by atoms with Gasteiger partial charge in [0.25, 0.3) is 0 Å². The molecule has 0 amide bonds. The van der Waals surface area contributed by atoms with E-state index in [-0.39, 0.29) is 5.60 Å². The zero-order valence-corrected chi connectivity index (χ0v) is 15.9. The molecular formula is C22H30O3. The van der Waals surface area contributed by atoms with Crippen LogP contribution in [0.5, 0.6) is 11.5 Å². The molecule has 3 nitrogen and oxygen atoms in total. The predicted octanol–water partition coefficient (Wildman–Crippen LogP) is 5.44. The van der Waals surface area contributed by atoms with Crippen LogP contribution in [-0.2, 0) is 11.2 Å². The minimum atomic E-state index is -0.153. The first-order valence-corrected chi connectivity index (χ1v) is 9.12. The van der Waals surface area contributed by atoms with Gasteiger partial charge in [-0.15, -0.1) is 0 Å². The maximum atomic E-state index is 10.6. The molecule has 0 fully saturated rings. The first kappa shape index (κ1) is 19.3. The van der Waals surface area contributed by atoms with Crippen molar-refractivity contribution in [2.75, 3.05) is 0 Å². The Balaban J connectivity index is 1.90. The number of ether oxygens (including phenoxy) is 1. The van der Waals surface area contributed by atoms with Crippen LogP contribution in [0.1, 0.15) is 64.0 Å². The number of allylic oxidation sites excluding steroid dienone is 4. The van der Waals surface area contributed by atoms with E-state index in [4.69, 9.17) is 4.74 Å². The molecule has 1 aromatic rings. The molecule has 1 atom stereocenters. The van der Waals surface area contributed by atoms with Crippen molar-refractivity contribution in [3.8, 4) is 11.5 Å². The second-order valence-electron chi connectivity index (χ2n) is 7.50. The van der Waals surface area contributed by atoms with Gasteiger partial charge in [-0.2, -0.15) is 0 Å². The monoisotopic (exact) mass is 342 g/mol. The Morgan fingerprint density at radius 1 is 1.28 bits per heavy atom. The van der Waals surface area contributed by atoms with Crippen molar-refractivity contribution in [3.63, 3.8) is 0 Å². The van der Waals surface area contributed by atoms with E-state index in [9.17, 15) is 9.90 Å². The summed E-state index contributed by atoms with van der Waals surface area (Å²) in [6.45, 7) is 8.16. The van der Waals surface area contributed by atoms with Crippen molar-refractivity contribution in [2.24, 2.45) is 0 Å². The molecule has 3 heteroatoms. The Morgan fingerprint density at radius 3 is 2.76 bits per heavy atom. The lowest BCUT2D eigenvalue weighted by atomic mass is 9.87. The summed E-state index contributed by atoms with van der Waals surface area (Å²) in [5.74, 6) is 1.27. The lowest BCUT2D eigenvalue weighted by Gasteiger charge is -2.36. The third-order valence-electron chi connectivity index (χ3n) is 4.96. The molecule has 136 valence electrons. The van der Waals surface area contributed by atoms with Gasteiger partial charge in [0.05, 0.1) is 0 Å². The van der Waals surface area contributed by atoms with Crippen LogP contribution in [0.2, 0.25) is 0 Å². The molecule has 25 heavy (non-hydrogen) atoms. The molecule has 0 aliphatic carbocycles. The Kier molecular flexibility index (Phi) is 6.46. The minimum absolute atomic E-state index is 0.153. The molecule has 1 N–H and O–H groups in total. The van der Waals surface area contributed by atoms with Crippen molar-refractivity contribution >= 4 is 6.29 Å². The van der Waals surface area contributed by atoms with Crippen LogP contribution in [-0.4, -0.2) is 17.0 Å². The van der Waals surface area contributed by atoms with Gasteiger partial charge in [0.2, 0.25) is 0 Å². The molecule has 0 unspecified atom stereocenters. The molecule has 0 bridgehead atoms. The highest BCUT2D eigenvalue weighted by Gasteiger charge is 2.31. The van der Waals surface area contributed by atoms with Crippen LogP contribution < -0.4 is 4.74 Å². The first-order chi connectivity index (χ1) is 11.8. The Labute approximate surface area is 151 Å². The van der Waals surface area contributed by atoms with Crippen LogP contribution in [0.4, 0.5) is 0 Å². The summed E-state index contributed by atoms with van der Waals surface area (Å²) in [5, 5.41) is 9.74. The molecule has 2 rings (SSSR count). The van der Waals surface area contributed by atoms with Gasteiger partial charge in [0, 0.05) is 0 Å². The molecular weight excluding hydrogens is 312 g/mol. The SMILES string of the molecule is C/C(C=O)=C\CC/C(C)=C/CC[C@]1(C)CCc2cc(O)cc(C)c2O1. The minimum Gasteiger partial charge on any atom is -0.508 e. The van der Waals surface area contributed by atoms with E-state index in [2.05, 4.69) is 19.9 Å². The van der Waals surface area contributed by atoms with Crippen LogP contribution in [0, 0.1) is 6.92 Å². The number of phenols is 1. The van der Waals surface area contributed by atoms with Crippen molar-refractivity contribution < 1.29 is 14.6 Å². The topological polar surface area (TPSA) is 46.5 Å². The second kappa shape index (κ2) is 8.37. The number of hydrogen-bond donors (Lipinski definition) is 1. The number of phenolic OH excluding ortho intramolecular Hbond substituents is 1. The van der Waals surface area contributed by atoms with Crippen LogP contribution in [0.3, 0.4) is 0 Å². The van der Waals surface area contributed by atoms with Gasteiger partial charge < -0.3 is 9.84 Å². The highest BCUT2D eigenvalue weighted by atomic mass is 16.5. The van der Waals surface area contributed by atoms with Crippen LogP contribution in [0.15, 0.2) is 35.4 Å². The zero-order chi connectivity index (χ0) is 18.4. The fourth-order valence-electron chi connectivity index (χ4n) is 3.33. The van der Waals surface area contributed by atoms with E-state index in [0.717, 1.165) is 67.3 Å². The smallest absolute Gasteiger partial charge is 0.145 e. The summed E-state index contributed by atoms with van der Waals surface area (Å²) in [7, 11) is 0. The Hall–Kier alpha value is -2.03. The van der Waals surface area contributed by atoms with E-state index < -0.39 is 0 Å². The summed E-state index contributed by atoms with van der Waals surface area (Å²) in [6, 6.07) is 3.59. The standard InChI is InChI=1S/C22H30O3/c1-16(7-5-8-17(2)15-23)9-6-11-22(4)12-10-19-14-20(24)13-18(3)21(19)25-22/h8-9,13-15,24H,5-7,10-12H2,1-4H3/b16-9+,17-8+/t22-/m1/s1. The molecule has 0 spiro atoms. The third kappa shape index (κ3) is 5.48. The van der Waals surface area contributed by atoms with Gasteiger partial charge >= 0.3 is 0 Å². The van der Waals surface area contributed by atoms with Crippen LogP contribution >= 0.6 is 0 Å². The summed E-state index contributed by atoms with van der Waals surface area (Å²) < 4.78 is 6.33.